The van der Waals surface area contributed by atoms with Crippen LogP contribution in [0.15, 0.2) is 36.4 Å². The fourth-order valence-corrected chi connectivity index (χ4v) is 3.24. The zero-order valence-electron chi connectivity index (χ0n) is 19.6. The van der Waals surface area contributed by atoms with E-state index in [4.69, 9.17) is 14.2 Å². The molecule has 2 N–H and O–H groups in total. The number of amides is 1. The van der Waals surface area contributed by atoms with E-state index >= 15 is 0 Å². The summed E-state index contributed by atoms with van der Waals surface area (Å²) in [6.45, 7) is 4.76. The van der Waals surface area contributed by atoms with Gasteiger partial charge in [-0.05, 0) is 26.3 Å². The molecule has 11 nitrogen and oxygen atoms in total. The number of ether oxygens (including phenoxy) is 3. The standard InChI is InChI=1S/C23H28N2O9/c1-23(2,3)34-22(29)24(13-14-6-8-15(9-7-14)25(30)31)18(21(27)28)12-17-19(32-4)10-16(26)11-20(17)33-5/h6-11,18,26H,12-13H2,1-5H3,(H,27,28). The number of hydrogen-bond acceptors (Lipinski definition) is 8. The number of nitro groups is 1. The average Bonchev–Trinajstić information content (AvgIpc) is 2.75. The van der Waals surface area contributed by atoms with Gasteiger partial charge >= 0.3 is 12.1 Å². The van der Waals surface area contributed by atoms with Gasteiger partial charge in [-0.1, -0.05) is 12.1 Å². The third-order valence-electron chi connectivity index (χ3n) is 4.78. The summed E-state index contributed by atoms with van der Waals surface area (Å²) in [5.74, 6) is -1.09. The smallest absolute Gasteiger partial charge is 0.411 e. The molecular weight excluding hydrogens is 448 g/mol. The van der Waals surface area contributed by atoms with E-state index in [0.717, 1.165) is 4.90 Å². The Morgan fingerprint density at radius 3 is 2.03 bits per heavy atom. The molecule has 1 unspecified atom stereocenters. The molecule has 1 atom stereocenters. The van der Waals surface area contributed by atoms with Crippen LogP contribution in [0.5, 0.6) is 17.2 Å². The second-order valence-electron chi connectivity index (χ2n) is 8.42. The first kappa shape index (κ1) is 26.2. The monoisotopic (exact) mass is 476 g/mol. The number of nitrogens with zero attached hydrogens (tertiary/aromatic N) is 2. The maximum absolute atomic E-state index is 13.1. The molecule has 0 radical (unpaired) electrons. The Hall–Kier alpha value is -4.02. The van der Waals surface area contributed by atoms with Crippen LogP contribution in [0, 0.1) is 10.1 Å². The molecule has 0 aliphatic carbocycles. The van der Waals surface area contributed by atoms with Crippen molar-refractivity contribution in [3.63, 3.8) is 0 Å². The molecule has 11 heteroatoms. The van der Waals surface area contributed by atoms with E-state index < -0.39 is 28.6 Å². The van der Waals surface area contributed by atoms with Gasteiger partial charge in [0.25, 0.3) is 5.69 Å². The third-order valence-corrected chi connectivity index (χ3v) is 4.78. The minimum Gasteiger partial charge on any atom is -0.508 e. The number of phenolic OH excluding ortho intramolecular Hbond substituents is 1. The lowest BCUT2D eigenvalue weighted by molar-refractivity contribution is -0.384. The van der Waals surface area contributed by atoms with Crippen molar-refractivity contribution in [1.82, 2.24) is 4.90 Å². The first-order chi connectivity index (χ1) is 15.9. The van der Waals surface area contributed by atoms with E-state index in [0.29, 0.717) is 11.1 Å². The number of methoxy groups -OCH3 is 2. The number of hydrogen-bond donors (Lipinski definition) is 2. The number of non-ortho nitro benzene ring substituents is 1. The molecule has 34 heavy (non-hydrogen) atoms. The van der Waals surface area contributed by atoms with Gasteiger partial charge in [0.05, 0.1) is 19.1 Å². The summed E-state index contributed by atoms with van der Waals surface area (Å²) in [7, 11) is 2.71. The van der Waals surface area contributed by atoms with Gasteiger partial charge in [-0.25, -0.2) is 9.59 Å². The summed E-state index contributed by atoms with van der Waals surface area (Å²) >= 11 is 0. The Morgan fingerprint density at radius 1 is 1.09 bits per heavy atom. The molecule has 0 saturated heterocycles. The summed E-state index contributed by atoms with van der Waals surface area (Å²) < 4.78 is 16.0. The molecular formula is C23H28N2O9. The second-order valence-corrected chi connectivity index (χ2v) is 8.42. The van der Waals surface area contributed by atoms with Gasteiger partial charge in [0.2, 0.25) is 0 Å². The quantitative estimate of drug-likeness (QED) is 0.407. The molecule has 0 bridgehead atoms. The topological polar surface area (TPSA) is 149 Å². The number of carboxylic acids is 1. The van der Waals surface area contributed by atoms with Crippen LogP contribution in [0.1, 0.15) is 31.9 Å². The first-order valence-electron chi connectivity index (χ1n) is 10.3. The second kappa shape index (κ2) is 10.7. The Balaban J connectivity index is 2.51. The number of carbonyl (C=O) groups excluding carboxylic acids is 1. The number of nitro benzene ring substituents is 1. The third kappa shape index (κ3) is 6.74. The molecule has 2 aromatic carbocycles. The summed E-state index contributed by atoms with van der Waals surface area (Å²) in [4.78, 5) is 36.8. The number of benzene rings is 2. The molecule has 0 heterocycles. The average molecular weight is 476 g/mol. The summed E-state index contributed by atoms with van der Waals surface area (Å²) in [6.07, 6.45) is -1.11. The highest BCUT2D eigenvalue weighted by Gasteiger charge is 2.35. The normalized spacial score (nSPS) is 11.9. The summed E-state index contributed by atoms with van der Waals surface area (Å²) in [6, 6.07) is 6.62. The predicted molar refractivity (Wildman–Crippen MR) is 121 cm³/mol. The first-order valence-corrected chi connectivity index (χ1v) is 10.3. The Labute approximate surface area is 196 Å². The van der Waals surface area contributed by atoms with Crippen LogP contribution in [0.4, 0.5) is 10.5 Å². The Morgan fingerprint density at radius 2 is 1.62 bits per heavy atom. The molecule has 2 aromatic rings. The molecule has 0 spiro atoms. The minimum absolute atomic E-state index is 0.138. The van der Waals surface area contributed by atoms with Gasteiger partial charge in [0, 0.05) is 42.8 Å². The molecule has 0 saturated carbocycles. The van der Waals surface area contributed by atoms with E-state index in [1.54, 1.807) is 20.8 Å². The lowest BCUT2D eigenvalue weighted by Crippen LogP contribution is -2.48. The SMILES string of the molecule is COc1cc(O)cc(OC)c1CC(C(=O)O)N(Cc1ccc([N+](=O)[O-])cc1)C(=O)OC(C)(C)C. The van der Waals surface area contributed by atoms with Crippen LogP contribution in [-0.4, -0.2) is 58.0 Å². The summed E-state index contributed by atoms with van der Waals surface area (Å²) in [5.41, 5.74) is -0.248. The van der Waals surface area contributed by atoms with Gasteiger partial charge in [-0.3, -0.25) is 15.0 Å². The zero-order chi connectivity index (χ0) is 25.6. The fourth-order valence-electron chi connectivity index (χ4n) is 3.24. The predicted octanol–water partition coefficient (Wildman–Crippen LogP) is 3.75. The number of rotatable bonds is 9. The largest absolute Gasteiger partial charge is 0.508 e. The van der Waals surface area contributed by atoms with E-state index in [1.807, 2.05) is 0 Å². The van der Waals surface area contributed by atoms with E-state index in [2.05, 4.69) is 0 Å². The lowest BCUT2D eigenvalue weighted by atomic mass is 10.0. The highest BCUT2D eigenvalue weighted by Crippen LogP contribution is 2.35. The molecule has 1 amide bonds. The van der Waals surface area contributed by atoms with Crippen LogP contribution >= 0.6 is 0 Å². The number of carboxylic acid groups (broad SMARTS) is 1. The van der Waals surface area contributed by atoms with Crippen molar-refractivity contribution >= 4 is 17.7 Å². The van der Waals surface area contributed by atoms with Crippen molar-refractivity contribution in [2.75, 3.05) is 14.2 Å². The minimum atomic E-state index is -1.42. The number of phenols is 1. The van der Waals surface area contributed by atoms with Crippen LogP contribution in [0.3, 0.4) is 0 Å². The molecule has 184 valence electrons. The van der Waals surface area contributed by atoms with Crippen molar-refractivity contribution in [2.24, 2.45) is 0 Å². The van der Waals surface area contributed by atoms with E-state index in [-0.39, 0.29) is 35.9 Å². The van der Waals surface area contributed by atoms with Gasteiger partial charge in [-0.2, -0.15) is 0 Å². The highest BCUT2D eigenvalue weighted by molar-refractivity contribution is 5.81. The maximum atomic E-state index is 13.1. The van der Waals surface area contributed by atoms with Crippen molar-refractivity contribution in [2.45, 2.75) is 45.4 Å². The van der Waals surface area contributed by atoms with Crippen molar-refractivity contribution < 1.29 is 38.9 Å². The Bertz CT molecular complexity index is 1020. The highest BCUT2D eigenvalue weighted by atomic mass is 16.6. The van der Waals surface area contributed by atoms with Gasteiger partial charge in [0.1, 0.15) is 28.9 Å². The van der Waals surface area contributed by atoms with Crippen LogP contribution in [0.25, 0.3) is 0 Å². The van der Waals surface area contributed by atoms with Crippen molar-refractivity contribution in [3.05, 3.63) is 57.6 Å². The van der Waals surface area contributed by atoms with Gasteiger partial charge in [-0.15, -0.1) is 0 Å². The van der Waals surface area contributed by atoms with Crippen LogP contribution < -0.4 is 9.47 Å². The van der Waals surface area contributed by atoms with Crippen molar-refractivity contribution in [1.29, 1.82) is 0 Å². The fraction of sp³-hybridized carbons (Fsp3) is 0.391. The van der Waals surface area contributed by atoms with E-state index in [1.165, 1.54) is 50.6 Å². The number of aliphatic carboxylic acids is 1. The maximum Gasteiger partial charge on any atom is 0.411 e. The number of carbonyl (C=O) groups is 2. The number of aromatic hydroxyl groups is 1. The van der Waals surface area contributed by atoms with Crippen LogP contribution in [-0.2, 0) is 22.5 Å². The Kier molecular flexibility index (Phi) is 8.28. The summed E-state index contributed by atoms with van der Waals surface area (Å²) in [5, 5.41) is 30.9. The molecule has 0 aromatic heterocycles. The molecule has 0 fully saturated rings. The van der Waals surface area contributed by atoms with Crippen LogP contribution in [0.2, 0.25) is 0 Å². The van der Waals surface area contributed by atoms with Gasteiger partial charge < -0.3 is 24.4 Å². The lowest BCUT2D eigenvalue weighted by Gasteiger charge is -2.32. The van der Waals surface area contributed by atoms with Gasteiger partial charge in [0.15, 0.2) is 0 Å². The molecule has 0 aliphatic rings. The molecule has 2 rings (SSSR count). The van der Waals surface area contributed by atoms with E-state index in [9.17, 15) is 29.9 Å². The van der Waals surface area contributed by atoms with Crippen molar-refractivity contribution in [3.8, 4) is 17.2 Å². The molecule has 0 aliphatic heterocycles. The zero-order valence-corrected chi connectivity index (χ0v) is 19.6.